The third-order valence-electron chi connectivity index (χ3n) is 3.79. The molecule has 1 atom stereocenters. The van der Waals surface area contributed by atoms with Crippen molar-refractivity contribution >= 4 is 10.9 Å². The van der Waals surface area contributed by atoms with Gasteiger partial charge in [-0.2, -0.15) is 0 Å². The Morgan fingerprint density at radius 1 is 1.33 bits per heavy atom. The quantitative estimate of drug-likeness (QED) is 0.768. The smallest absolute Gasteiger partial charge is 0.0456 e. The summed E-state index contributed by atoms with van der Waals surface area (Å²) in [5, 5.41) is 1.34. The number of benzene rings is 1. The molecular formula is C13H16N2. The average Bonchev–Trinajstić information content (AvgIpc) is 2.89. The van der Waals surface area contributed by atoms with Crippen molar-refractivity contribution in [1.29, 1.82) is 0 Å². The van der Waals surface area contributed by atoms with E-state index in [0.29, 0.717) is 0 Å². The first kappa shape index (κ1) is 8.98. The third-order valence-corrected chi connectivity index (χ3v) is 3.79. The molecule has 3 rings (SSSR count). The molecular weight excluding hydrogens is 184 g/mol. The van der Waals surface area contributed by atoms with E-state index in [0.717, 1.165) is 0 Å². The van der Waals surface area contributed by atoms with Gasteiger partial charge in [0.2, 0.25) is 0 Å². The highest BCUT2D eigenvalue weighted by Gasteiger charge is 2.48. The molecule has 1 heterocycles. The highest BCUT2D eigenvalue weighted by molar-refractivity contribution is 5.84. The van der Waals surface area contributed by atoms with Gasteiger partial charge in [-0.1, -0.05) is 12.1 Å². The highest BCUT2D eigenvalue weighted by Crippen LogP contribution is 2.52. The first-order valence-electron chi connectivity index (χ1n) is 5.56. The number of hydrogen-bond acceptors (Lipinski definition) is 1. The van der Waals surface area contributed by atoms with Gasteiger partial charge in [-0.3, -0.25) is 0 Å². The summed E-state index contributed by atoms with van der Waals surface area (Å²) in [6.45, 7) is 2.12. The highest BCUT2D eigenvalue weighted by atomic mass is 14.7. The minimum absolute atomic E-state index is 0.248. The predicted molar refractivity (Wildman–Crippen MR) is 62.9 cm³/mol. The first-order chi connectivity index (χ1) is 7.24. The molecule has 1 aliphatic carbocycles. The zero-order chi connectivity index (χ0) is 10.5. The molecule has 0 radical (unpaired) electrons. The second-order valence-corrected chi connectivity index (χ2v) is 4.69. The van der Waals surface area contributed by atoms with Crippen LogP contribution in [0.2, 0.25) is 0 Å². The minimum atomic E-state index is 0.248. The number of rotatable bonds is 2. The molecule has 78 valence electrons. The van der Waals surface area contributed by atoms with Crippen LogP contribution in [0, 0.1) is 0 Å². The zero-order valence-corrected chi connectivity index (χ0v) is 8.96. The summed E-state index contributed by atoms with van der Waals surface area (Å²) in [7, 11) is 0. The Morgan fingerprint density at radius 3 is 2.80 bits per heavy atom. The van der Waals surface area contributed by atoms with Crippen molar-refractivity contribution in [3.05, 3.63) is 36.0 Å². The van der Waals surface area contributed by atoms with Crippen LogP contribution in [-0.4, -0.2) is 11.0 Å². The van der Waals surface area contributed by atoms with Crippen molar-refractivity contribution in [2.24, 2.45) is 5.73 Å². The standard InChI is InChI=1S/C13H16N2/c1-9(14)13(6-7-13)11-3-2-4-12-10(11)5-8-15-12/h2-5,8-9,15H,6-7,14H2,1H3. The fraction of sp³-hybridized carbons (Fsp3) is 0.385. The summed E-state index contributed by atoms with van der Waals surface area (Å²) in [4.78, 5) is 3.26. The summed E-state index contributed by atoms with van der Waals surface area (Å²) in [6.07, 6.45) is 4.47. The Bertz CT molecular complexity index is 492. The summed E-state index contributed by atoms with van der Waals surface area (Å²) >= 11 is 0. The van der Waals surface area contributed by atoms with E-state index in [-0.39, 0.29) is 11.5 Å². The van der Waals surface area contributed by atoms with E-state index in [1.165, 1.54) is 29.3 Å². The average molecular weight is 200 g/mol. The normalized spacial score (nSPS) is 20.4. The summed E-state index contributed by atoms with van der Waals surface area (Å²) in [6, 6.07) is 8.88. The van der Waals surface area contributed by atoms with Gasteiger partial charge in [0.05, 0.1) is 0 Å². The van der Waals surface area contributed by atoms with Gasteiger partial charge in [-0.15, -0.1) is 0 Å². The molecule has 1 aromatic carbocycles. The molecule has 0 saturated heterocycles. The number of nitrogens with two attached hydrogens (primary N) is 1. The van der Waals surface area contributed by atoms with Crippen LogP contribution >= 0.6 is 0 Å². The molecule has 1 aliphatic rings. The van der Waals surface area contributed by atoms with E-state index in [1.807, 2.05) is 6.20 Å². The SMILES string of the molecule is CC(N)C1(c2cccc3[nH]ccc23)CC1. The number of aromatic nitrogens is 1. The number of aromatic amines is 1. The first-order valence-corrected chi connectivity index (χ1v) is 5.56. The fourth-order valence-corrected chi connectivity index (χ4v) is 2.62. The van der Waals surface area contributed by atoms with Crippen LogP contribution in [0.5, 0.6) is 0 Å². The van der Waals surface area contributed by atoms with Gasteiger partial charge < -0.3 is 10.7 Å². The molecule has 0 aliphatic heterocycles. The summed E-state index contributed by atoms with van der Waals surface area (Å²) in [5.74, 6) is 0. The predicted octanol–water partition coefficient (Wildman–Crippen LogP) is 2.55. The van der Waals surface area contributed by atoms with Crippen molar-refractivity contribution in [2.45, 2.75) is 31.2 Å². The van der Waals surface area contributed by atoms with Gasteiger partial charge in [0.1, 0.15) is 0 Å². The molecule has 15 heavy (non-hydrogen) atoms. The largest absolute Gasteiger partial charge is 0.361 e. The second-order valence-electron chi connectivity index (χ2n) is 4.69. The maximum atomic E-state index is 6.11. The zero-order valence-electron chi connectivity index (χ0n) is 8.96. The summed E-state index contributed by atoms with van der Waals surface area (Å²) in [5.41, 5.74) is 9.01. The van der Waals surface area contributed by atoms with Crippen LogP contribution in [0.1, 0.15) is 25.3 Å². The molecule has 2 nitrogen and oxygen atoms in total. The van der Waals surface area contributed by atoms with E-state index < -0.39 is 0 Å². The van der Waals surface area contributed by atoms with Crippen molar-refractivity contribution < 1.29 is 0 Å². The molecule has 3 N–H and O–H groups in total. The van der Waals surface area contributed by atoms with Crippen LogP contribution in [0.3, 0.4) is 0 Å². The molecule has 0 spiro atoms. The number of nitrogens with one attached hydrogen (secondary N) is 1. The Morgan fingerprint density at radius 2 is 2.13 bits per heavy atom. The maximum absolute atomic E-state index is 6.11. The van der Waals surface area contributed by atoms with E-state index in [2.05, 4.69) is 36.2 Å². The molecule has 0 amide bonds. The van der Waals surface area contributed by atoms with Gasteiger partial charge in [-0.25, -0.2) is 0 Å². The number of fused-ring (bicyclic) bond motifs is 1. The Hall–Kier alpha value is -1.28. The third kappa shape index (κ3) is 1.15. The van der Waals surface area contributed by atoms with Gasteiger partial charge in [-0.05, 0) is 37.5 Å². The molecule has 1 aromatic heterocycles. The second kappa shape index (κ2) is 2.86. The van der Waals surface area contributed by atoms with Crippen LogP contribution in [0.25, 0.3) is 10.9 Å². The van der Waals surface area contributed by atoms with Gasteiger partial charge in [0.15, 0.2) is 0 Å². The minimum Gasteiger partial charge on any atom is -0.361 e. The monoisotopic (exact) mass is 200 g/mol. The van der Waals surface area contributed by atoms with E-state index in [1.54, 1.807) is 0 Å². The van der Waals surface area contributed by atoms with Gasteiger partial charge in [0.25, 0.3) is 0 Å². The lowest BCUT2D eigenvalue weighted by Gasteiger charge is -2.21. The Labute approximate surface area is 89.5 Å². The molecule has 0 bridgehead atoms. The van der Waals surface area contributed by atoms with Crippen LogP contribution < -0.4 is 5.73 Å². The van der Waals surface area contributed by atoms with E-state index in [4.69, 9.17) is 5.73 Å². The Kier molecular flexibility index (Phi) is 1.71. The lowest BCUT2D eigenvalue weighted by atomic mass is 9.87. The molecule has 2 aromatic rings. The fourth-order valence-electron chi connectivity index (χ4n) is 2.62. The van der Waals surface area contributed by atoms with Crippen LogP contribution in [0.4, 0.5) is 0 Å². The van der Waals surface area contributed by atoms with Crippen LogP contribution in [0.15, 0.2) is 30.5 Å². The lowest BCUT2D eigenvalue weighted by molar-refractivity contribution is 0.560. The van der Waals surface area contributed by atoms with E-state index in [9.17, 15) is 0 Å². The van der Waals surface area contributed by atoms with Crippen molar-refractivity contribution in [3.63, 3.8) is 0 Å². The van der Waals surface area contributed by atoms with Crippen molar-refractivity contribution in [1.82, 2.24) is 4.98 Å². The maximum Gasteiger partial charge on any atom is 0.0456 e. The lowest BCUT2D eigenvalue weighted by Crippen LogP contribution is -2.31. The van der Waals surface area contributed by atoms with Crippen molar-refractivity contribution in [3.8, 4) is 0 Å². The van der Waals surface area contributed by atoms with Gasteiger partial charge >= 0.3 is 0 Å². The number of hydrogen-bond donors (Lipinski definition) is 2. The van der Waals surface area contributed by atoms with Crippen molar-refractivity contribution in [2.75, 3.05) is 0 Å². The topological polar surface area (TPSA) is 41.8 Å². The molecule has 1 saturated carbocycles. The molecule has 2 heteroatoms. The van der Waals surface area contributed by atoms with E-state index >= 15 is 0 Å². The summed E-state index contributed by atoms with van der Waals surface area (Å²) < 4.78 is 0. The number of H-pyrrole nitrogens is 1. The molecule has 1 fully saturated rings. The Balaban J connectivity index is 2.23. The van der Waals surface area contributed by atoms with Crippen LogP contribution in [-0.2, 0) is 5.41 Å². The molecule has 1 unspecified atom stereocenters. The van der Waals surface area contributed by atoms with Gasteiger partial charge in [0, 0.05) is 28.6 Å².